The molecule has 0 spiro atoms. The topological polar surface area (TPSA) is 80.9 Å². The number of hydrogen-bond acceptors (Lipinski definition) is 7. The molecule has 9 heteroatoms. The van der Waals surface area contributed by atoms with Crippen LogP contribution in [0.25, 0.3) is 10.8 Å². The average Bonchev–Trinajstić information content (AvgIpc) is 3.11. The van der Waals surface area contributed by atoms with E-state index in [-0.39, 0.29) is 11.7 Å². The van der Waals surface area contributed by atoms with Gasteiger partial charge in [0.05, 0.1) is 16.5 Å². The van der Waals surface area contributed by atoms with Crippen molar-refractivity contribution < 1.29 is 9.21 Å². The zero-order chi connectivity index (χ0) is 17.1. The Hall–Kier alpha value is -1.90. The van der Waals surface area contributed by atoms with Gasteiger partial charge in [0.1, 0.15) is 4.88 Å². The van der Waals surface area contributed by atoms with Gasteiger partial charge in [-0.2, -0.15) is 0 Å². The number of aryl methyl sites for hydroxylation is 2. The van der Waals surface area contributed by atoms with Gasteiger partial charge in [0.25, 0.3) is 11.1 Å². The van der Waals surface area contributed by atoms with E-state index in [2.05, 4.69) is 20.5 Å². The molecular weight excluding hydrogens is 368 g/mol. The van der Waals surface area contributed by atoms with Gasteiger partial charge in [0, 0.05) is 10.7 Å². The van der Waals surface area contributed by atoms with E-state index in [1.807, 2.05) is 13.8 Å². The fourth-order valence-corrected chi connectivity index (χ4v) is 3.57. The van der Waals surface area contributed by atoms with E-state index in [0.29, 0.717) is 21.8 Å². The van der Waals surface area contributed by atoms with Gasteiger partial charge in [-0.05, 0) is 32.0 Å². The SMILES string of the molecule is Cc1nc(C)c(-c2nnc(SCC(=O)Nc3cccc(Cl)c3)o2)s1. The molecule has 0 aliphatic carbocycles. The summed E-state index contributed by atoms with van der Waals surface area (Å²) >= 11 is 8.56. The smallest absolute Gasteiger partial charge is 0.277 e. The second-order valence-electron chi connectivity index (χ2n) is 4.87. The number of nitrogens with one attached hydrogen (secondary N) is 1. The number of carbonyl (C=O) groups excluding carboxylic acids is 1. The maximum atomic E-state index is 12.0. The molecule has 124 valence electrons. The first kappa shape index (κ1) is 16.9. The normalized spacial score (nSPS) is 10.8. The maximum absolute atomic E-state index is 12.0. The fraction of sp³-hybridized carbons (Fsp3) is 0.200. The Kier molecular flexibility index (Phi) is 5.17. The molecule has 0 aliphatic rings. The van der Waals surface area contributed by atoms with Crippen LogP contribution in [0.4, 0.5) is 5.69 Å². The van der Waals surface area contributed by atoms with Crippen molar-refractivity contribution in [3.8, 4) is 10.8 Å². The van der Waals surface area contributed by atoms with Gasteiger partial charge >= 0.3 is 0 Å². The second-order valence-corrected chi connectivity index (χ2v) is 7.43. The Morgan fingerprint density at radius 1 is 1.38 bits per heavy atom. The molecular formula is C15H13ClN4O2S2. The molecule has 24 heavy (non-hydrogen) atoms. The molecule has 2 heterocycles. The number of benzene rings is 1. The molecule has 0 fully saturated rings. The van der Waals surface area contributed by atoms with Gasteiger partial charge in [-0.15, -0.1) is 21.5 Å². The van der Waals surface area contributed by atoms with Crippen molar-refractivity contribution in [3.63, 3.8) is 0 Å². The van der Waals surface area contributed by atoms with Crippen molar-refractivity contribution in [1.82, 2.24) is 15.2 Å². The second kappa shape index (κ2) is 7.33. The maximum Gasteiger partial charge on any atom is 0.277 e. The number of thioether (sulfide) groups is 1. The number of aromatic nitrogens is 3. The molecule has 0 aliphatic heterocycles. The van der Waals surface area contributed by atoms with Crippen LogP contribution in [0.5, 0.6) is 0 Å². The number of nitrogens with zero attached hydrogens (tertiary/aromatic N) is 3. The number of halogens is 1. The third-order valence-corrected chi connectivity index (χ3v) is 5.05. The molecule has 0 radical (unpaired) electrons. The van der Waals surface area contributed by atoms with Crippen LogP contribution in [0.1, 0.15) is 10.7 Å². The third-order valence-electron chi connectivity index (χ3n) is 2.94. The summed E-state index contributed by atoms with van der Waals surface area (Å²) in [5.41, 5.74) is 1.51. The van der Waals surface area contributed by atoms with Crippen molar-refractivity contribution in [1.29, 1.82) is 0 Å². The van der Waals surface area contributed by atoms with E-state index in [1.54, 1.807) is 24.3 Å². The van der Waals surface area contributed by atoms with Crippen molar-refractivity contribution in [2.24, 2.45) is 0 Å². The number of hydrogen-bond donors (Lipinski definition) is 1. The summed E-state index contributed by atoms with van der Waals surface area (Å²) in [5, 5.41) is 12.6. The van der Waals surface area contributed by atoms with Gasteiger partial charge in [0.15, 0.2) is 0 Å². The van der Waals surface area contributed by atoms with Crippen LogP contribution >= 0.6 is 34.7 Å². The predicted octanol–water partition coefficient (Wildman–Crippen LogP) is 4.19. The number of thiazole rings is 1. The van der Waals surface area contributed by atoms with E-state index < -0.39 is 0 Å². The van der Waals surface area contributed by atoms with Gasteiger partial charge in [-0.25, -0.2) is 4.98 Å². The highest BCUT2D eigenvalue weighted by atomic mass is 35.5. The van der Waals surface area contributed by atoms with E-state index in [4.69, 9.17) is 16.0 Å². The standard InChI is InChI=1S/C15H13ClN4O2S2/c1-8-13(24-9(2)17-8)14-19-20-15(22-14)23-7-12(21)18-11-5-3-4-10(16)6-11/h3-6H,7H2,1-2H3,(H,18,21). The van der Waals surface area contributed by atoms with Crippen LogP contribution in [0.3, 0.4) is 0 Å². The summed E-state index contributed by atoms with van der Waals surface area (Å²) in [7, 11) is 0. The van der Waals surface area contributed by atoms with Crippen molar-refractivity contribution in [3.05, 3.63) is 40.0 Å². The summed E-state index contributed by atoms with van der Waals surface area (Å²) in [5.74, 6) is 0.414. The van der Waals surface area contributed by atoms with Gasteiger partial charge in [0.2, 0.25) is 5.91 Å². The van der Waals surface area contributed by atoms with Crippen LogP contribution < -0.4 is 5.32 Å². The van der Waals surface area contributed by atoms with E-state index in [1.165, 1.54) is 23.1 Å². The summed E-state index contributed by atoms with van der Waals surface area (Å²) in [4.78, 5) is 17.1. The van der Waals surface area contributed by atoms with Gasteiger partial charge < -0.3 is 9.73 Å². The molecule has 3 aromatic rings. The van der Waals surface area contributed by atoms with Crippen LogP contribution in [-0.4, -0.2) is 26.8 Å². The zero-order valence-electron chi connectivity index (χ0n) is 12.9. The van der Waals surface area contributed by atoms with E-state index in [9.17, 15) is 4.79 Å². The van der Waals surface area contributed by atoms with Crippen molar-refractivity contribution in [2.75, 3.05) is 11.1 Å². The monoisotopic (exact) mass is 380 g/mol. The highest BCUT2D eigenvalue weighted by molar-refractivity contribution is 7.99. The van der Waals surface area contributed by atoms with Gasteiger partial charge in [-0.3, -0.25) is 4.79 Å². The number of carbonyl (C=O) groups is 1. The van der Waals surface area contributed by atoms with E-state index in [0.717, 1.165) is 15.6 Å². The van der Waals surface area contributed by atoms with Crippen LogP contribution in [-0.2, 0) is 4.79 Å². The minimum Gasteiger partial charge on any atom is -0.410 e. The first-order valence-electron chi connectivity index (χ1n) is 6.97. The van der Waals surface area contributed by atoms with Crippen molar-refractivity contribution >= 4 is 46.3 Å². The molecule has 0 unspecified atom stereocenters. The Labute approximate surface area is 151 Å². The first-order chi connectivity index (χ1) is 11.5. The minimum absolute atomic E-state index is 0.162. The summed E-state index contributed by atoms with van der Waals surface area (Å²) in [6.07, 6.45) is 0. The highest BCUT2D eigenvalue weighted by Gasteiger charge is 2.16. The highest BCUT2D eigenvalue weighted by Crippen LogP contribution is 2.30. The first-order valence-corrected chi connectivity index (χ1v) is 9.15. The largest absolute Gasteiger partial charge is 0.410 e. The lowest BCUT2D eigenvalue weighted by Gasteiger charge is -2.03. The summed E-state index contributed by atoms with van der Waals surface area (Å²) in [6, 6.07) is 6.97. The predicted molar refractivity (Wildman–Crippen MR) is 95.7 cm³/mol. The molecule has 1 amide bonds. The minimum atomic E-state index is -0.174. The average molecular weight is 381 g/mol. The number of amides is 1. The molecule has 1 aromatic carbocycles. The summed E-state index contributed by atoms with van der Waals surface area (Å²) < 4.78 is 5.59. The Morgan fingerprint density at radius 3 is 2.92 bits per heavy atom. The lowest BCUT2D eigenvalue weighted by molar-refractivity contribution is -0.113. The van der Waals surface area contributed by atoms with Gasteiger partial charge in [-0.1, -0.05) is 29.4 Å². The molecule has 0 saturated carbocycles. The third kappa shape index (κ3) is 4.14. The lowest BCUT2D eigenvalue weighted by Crippen LogP contribution is -2.13. The Balaban J connectivity index is 1.59. The Bertz CT molecular complexity index is 878. The number of anilines is 1. The molecule has 6 nitrogen and oxygen atoms in total. The van der Waals surface area contributed by atoms with Crippen molar-refractivity contribution in [2.45, 2.75) is 19.1 Å². The number of rotatable bonds is 5. The van der Waals surface area contributed by atoms with Crippen LogP contribution in [0.2, 0.25) is 5.02 Å². The summed E-state index contributed by atoms with van der Waals surface area (Å²) in [6.45, 7) is 3.82. The molecule has 0 bridgehead atoms. The zero-order valence-corrected chi connectivity index (χ0v) is 15.3. The lowest BCUT2D eigenvalue weighted by atomic mass is 10.3. The molecule has 0 atom stereocenters. The van der Waals surface area contributed by atoms with Crippen LogP contribution in [0.15, 0.2) is 33.9 Å². The fourth-order valence-electron chi connectivity index (χ4n) is 1.98. The molecule has 2 aromatic heterocycles. The quantitative estimate of drug-likeness (QED) is 0.668. The molecule has 3 rings (SSSR count). The molecule has 0 saturated heterocycles. The van der Waals surface area contributed by atoms with Crippen LogP contribution in [0, 0.1) is 13.8 Å². The molecule has 1 N–H and O–H groups in total. The Morgan fingerprint density at radius 2 is 2.21 bits per heavy atom. The van der Waals surface area contributed by atoms with E-state index >= 15 is 0 Å².